The zero-order chi connectivity index (χ0) is 14.7. The van der Waals surface area contributed by atoms with Gasteiger partial charge in [-0.05, 0) is 31.6 Å². The van der Waals surface area contributed by atoms with Gasteiger partial charge in [0.25, 0.3) is 0 Å². The highest BCUT2D eigenvalue weighted by molar-refractivity contribution is 7.89. The summed E-state index contributed by atoms with van der Waals surface area (Å²) in [5, 5.41) is 0. The first-order chi connectivity index (χ1) is 10.1. The molecule has 3 heterocycles. The number of nitrogens with one attached hydrogen (secondary N) is 1. The predicted molar refractivity (Wildman–Crippen MR) is 79.4 cm³/mol. The lowest BCUT2D eigenvalue weighted by Crippen LogP contribution is -2.38. The van der Waals surface area contributed by atoms with E-state index in [0.29, 0.717) is 19.1 Å². The number of nitrogens with zero attached hydrogens (tertiary/aromatic N) is 2. The van der Waals surface area contributed by atoms with E-state index in [-0.39, 0.29) is 11.9 Å². The molecule has 0 radical (unpaired) electrons. The van der Waals surface area contributed by atoms with Crippen LogP contribution in [-0.2, 0) is 27.7 Å². The van der Waals surface area contributed by atoms with Crippen LogP contribution in [0.2, 0.25) is 0 Å². The second-order valence-corrected chi connectivity index (χ2v) is 7.87. The maximum Gasteiger partial charge on any atom is 0.214 e. The Bertz CT molecular complexity index is 564. The zero-order valence-electron chi connectivity index (χ0n) is 12.2. The Morgan fingerprint density at radius 1 is 1.38 bits per heavy atom. The molecule has 2 aliphatic heterocycles. The van der Waals surface area contributed by atoms with E-state index >= 15 is 0 Å². The Balaban J connectivity index is 1.48. The summed E-state index contributed by atoms with van der Waals surface area (Å²) in [7, 11) is -3.25. The van der Waals surface area contributed by atoms with Crippen LogP contribution in [0.5, 0.6) is 0 Å². The van der Waals surface area contributed by atoms with Gasteiger partial charge in [-0.3, -0.25) is 0 Å². The molecule has 1 N–H and O–H groups in total. The van der Waals surface area contributed by atoms with Crippen molar-refractivity contribution in [3.63, 3.8) is 0 Å². The van der Waals surface area contributed by atoms with Crippen LogP contribution in [0.25, 0.3) is 0 Å². The largest absolute Gasteiger partial charge is 0.377 e. The van der Waals surface area contributed by atoms with Crippen LogP contribution in [0.4, 0.5) is 0 Å². The third-order valence-electron chi connectivity index (χ3n) is 4.32. The number of rotatable bonds is 5. The van der Waals surface area contributed by atoms with Gasteiger partial charge in [0.1, 0.15) is 5.82 Å². The van der Waals surface area contributed by atoms with Crippen molar-refractivity contribution in [3.8, 4) is 0 Å². The summed E-state index contributed by atoms with van der Waals surface area (Å²) in [5.41, 5.74) is 0. The second kappa shape index (κ2) is 6.46. The molecule has 0 amide bonds. The van der Waals surface area contributed by atoms with Crippen molar-refractivity contribution >= 4 is 10.0 Å². The number of fused-ring (bicyclic) bond motifs is 1. The molecule has 0 aromatic carbocycles. The normalized spacial score (nSPS) is 26.5. The van der Waals surface area contributed by atoms with E-state index in [1.165, 1.54) is 0 Å². The summed E-state index contributed by atoms with van der Waals surface area (Å²) in [5.74, 6) is 1.48. The number of hydrogen-bond acceptors (Lipinski definition) is 4. The highest BCUT2D eigenvalue weighted by Crippen LogP contribution is 2.19. The highest BCUT2D eigenvalue weighted by Gasteiger charge is 2.24. The number of aryl methyl sites for hydroxylation is 1. The number of hydrogen-bond donors (Lipinski definition) is 1. The van der Waals surface area contributed by atoms with Gasteiger partial charge in [0.2, 0.25) is 10.0 Å². The van der Waals surface area contributed by atoms with Crippen LogP contribution in [-0.4, -0.2) is 43.0 Å². The van der Waals surface area contributed by atoms with Gasteiger partial charge < -0.3 is 9.30 Å². The smallest absolute Gasteiger partial charge is 0.214 e. The van der Waals surface area contributed by atoms with Gasteiger partial charge >= 0.3 is 0 Å². The summed E-state index contributed by atoms with van der Waals surface area (Å²) < 4.78 is 34.7. The van der Waals surface area contributed by atoms with E-state index in [9.17, 15) is 8.42 Å². The van der Waals surface area contributed by atoms with E-state index in [2.05, 4.69) is 14.3 Å². The second-order valence-electron chi connectivity index (χ2n) is 6.01. The Hall–Kier alpha value is -0.920. The van der Waals surface area contributed by atoms with Gasteiger partial charge in [0.15, 0.2) is 0 Å². The van der Waals surface area contributed by atoms with Crippen LogP contribution in [0.1, 0.15) is 31.5 Å². The molecule has 1 aromatic rings. The van der Waals surface area contributed by atoms with E-state index in [4.69, 9.17) is 4.74 Å². The molecule has 2 aliphatic rings. The van der Waals surface area contributed by atoms with Gasteiger partial charge in [-0.1, -0.05) is 0 Å². The fourth-order valence-electron chi connectivity index (χ4n) is 3.08. The Morgan fingerprint density at radius 2 is 2.29 bits per heavy atom. The van der Waals surface area contributed by atoms with Crippen molar-refractivity contribution < 1.29 is 13.2 Å². The van der Waals surface area contributed by atoms with Crippen molar-refractivity contribution in [2.24, 2.45) is 5.92 Å². The molecule has 6 nitrogen and oxygen atoms in total. The molecule has 118 valence electrons. The molecule has 0 bridgehead atoms. The standard InChI is InChI=1S/C14H23N3O3S/c18-21(19,11-13-3-1-2-8-20-13)16-10-12-4-6-17-7-5-15-14(17)9-12/h5,7,12-13,16H,1-4,6,8-11H2/t12-,13+/m1/s1. The number of aromatic nitrogens is 2. The molecule has 1 saturated heterocycles. The molecule has 1 aromatic heterocycles. The van der Waals surface area contributed by atoms with Crippen LogP contribution in [0.3, 0.4) is 0 Å². The predicted octanol–water partition coefficient (Wildman–Crippen LogP) is 0.934. The van der Waals surface area contributed by atoms with Gasteiger partial charge in [0, 0.05) is 38.5 Å². The minimum absolute atomic E-state index is 0.0916. The summed E-state index contributed by atoms with van der Waals surface area (Å²) in [6.07, 6.45) is 8.44. The summed E-state index contributed by atoms with van der Waals surface area (Å²) in [6.45, 7) is 2.11. The van der Waals surface area contributed by atoms with E-state index in [1.54, 1.807) is 0 Å². The van der Waals surface area contributed by atoms with Crippen molar-refractivity contribution in [2.45, 2.75) is 44.8 Å². The molecule has 21 heavy (non-hydrogen) atoms. The first-order valence-electron chi connectivity index (χ1n) is 7.71. The van der Waals surface area contributed by atoms with Gasteiger partial charge in [0.05, 0.1) is 11.9 Å². The van der Waals surface area contributed by atoms with E-state index in [0.717, 1.165) is 44.5 Å². The minimum atomic E-state index is -3.25. The highest BCUT2D eigenvalue weighted by atomic mass is 32.2. The number of imidazole rings is 1. The van der Waals surface area contributed by atoms with Crippen molar-refractivity contribution in [1.82, 2.24) is 14.3 Å². The topological polar surface area (TPSA) is 73.2 Å². The Morgan fingerprint density at radius 3 is 3.10 bits per heavy atom. The summed E-state index contributed by atoms with van der Waals surface area (Å²) in [4.78, 5) is 4.31. The lowest BCUT2D eigenvalue weighted by Gasteiger charge is -2.25. The maximum absolute atomic E-state index is 12.1. The molecule has 0 saturated carbocycles. The molecule has 0 spiro atoms. The van der Waals surface area contributed by atoms with Crippen LogP contribution in [0.15, 0.2) is 12.4 Å². The molecule has 3 rings (SSSR count). The fourth-order valence-corrected chi connectivity index (χ4v) is 4.44. The fraction of sp³-hybridized carbons (Fsp3) is 0.786. The molecule has 1 fully saturated rings. The zero-order valence-corrected chi connectivity index (χ0v) is 13.0. The van der Waals surface area contributed by atoms with Gasteiger partial charge in [-0.25, -0.2) is 18.1 Å². The summed E-state index contributed by atoms with van der Waals surface area (Å²) in [6, 6.07) is 0. The monoisotopic (exact) mass is 313 g/mol. The first kappa shape index (κ1) is 15.0. The van der Waals surface area contributed by atoms with Crippen LogP contribution >= 0.6 is 0 Å². The first-order valence-corrected chi connectivity index (χ1v) is 9.36. The average Bonchev–Trinajstić information content (AvgIpc) is 2.93. The van der Waals surface area contributed by atoms with E-state index in [1.807, 2.05) is 12.4 Å². The molecular formula is C14H23N3O3S. The Kier molecular flexibility index (Phi) is 4.61. The molecule has 0 unspecified atom stereocenters. The lowest BCUT2D eigenvalue weighted by atomic mass is 9.98. The maximum atomic E-state index is 12.1. The average molecular weight is 313 g/mol. The third-order valence-corrected chi connectivity index (χ3v) is 5.74. The van der Waals surface area contributed by atoms with Crippen LogP contribution in [0, 0.1) is 5.92 Å². The van der Waals surface area contributed by atoms with Gasteiger partial charge in [-0.2, -0.15) is 0 Å². The van der Waals surface area contributed by atoms with Crippen LogP contribution < -0.4 is 4.72 Å². The molecule has 7 heteroatoms. The summed E-state index contributed by atoms with van der Waals surface area (Å²) >= 11 is 0. The van der Waals surface area contributed by atoms with Gasteiger partial charge in [-0.15, -0.1) is 0 Å². The van der Waals surface area contributed by atoms with Crippen molar-refractivity contribution in [3.05, 3.63) is 18.2 Å². The minimum Gasteiger partial charge on any atom is -0.377 e. The van der Waals surface area contributed by atoms with E-state index < -0.39 is 10.0 Å². The molecule has 2 atom stereocenters. The Labute approximate surface area is 125 Å². The van der Waals surface area contributed by atoms with Crippen molar-refractivity contribution in [2.75, 3.05) is 18.9 Å². The lowest BCUT2D eigenvalue weighted by molar-refractivity contribution is 0.0304. The number of sulfonamides is 1. The molecular weight excluding hydrogens is 290 g/mol. The quantitative estimate of drug-likeness (QED) is 0.878. The number of ether oxygens (including phenoxy) is 1. The molecule has 0 aliphatic carbocycles. The third kappa shape index (κ3) is 4.05. The SMILES string of the molecule is O=S(=O)(C[C@@H]1CCCCO1)NC[C@@H]1CCn2ccnc2C1. The van der Waals surface area contributed by atoms with Crippen molar-refractivity contribution in [1.29, 1.82) is 0 Å².